The largest absolute Gasteiger partial charge is 0.364 e. The number of carbonyl (C=O) groups excluding carboxylic acids is 1. The number of carbonyl (C=O) groups is 1. The van der Waals surface area contributed by atoms with E-state index in [4.69, 9.17) is 0 Å². The Kier molecular flexibility index (Phi) is 3.34. The number of rotatable bonds is 2. The van der Waals surface area contributed by atoms with Gasteiger partial charge in [-0.25, -0.2) is 9.97 Å². The molecule has 0 radical (unpaired) electrons. The smallest absolute Gasteiger partial charge is 0.172 e. The molecular weight excluding hydrogens is 294 g/mol. The minimum atomic E-state index is -0.179. The topological polar surface area (TPSA) is 54.9 Å². The molecule has 0 atom stereocenters. The summed E-state index contributed by atoms with van der Waals surface area (Å²) in [7, 11) is 0. The molecule has 0 spiro atoms. The number of hydrogen-bond acceptors (Lipinski definition) is 4. The normalized spacial score (nSPS) is 11.6. The highest BCUT2D eigenvalue weighted by atomic mass is 79.9. The number of benzene rings is 1. The molecule has 2 rings (SSSR count). The van der Waals surface area contributed by atoms with Gasteiger partial charge in [0.1, 0.15) is 11.2 Å². The second-order valence-corrected chi connectivity index (χ2v) is 5.91. The van der Waals surface area contributed by atoms with Crippen LogP contribution in [0.1, 0.15) is 31.3 Å². The van der Waals surface area contributed by atoms with Crippen molar-refractivity contribution in [2.24, 2.45) is 0 Å². The number of fused-ring (bicyclic) bond motifs is 1. The molecule has 0 aliphatic carbocycles. The average molecular weight is 308 g/mol. The van der Waals surface area contributed by atoms with E-state index in [1.165, 1.54) is 0 Å². The van der Waals surface area contributed by atoms with Crippen LogP contribution >= 0.6 is 15.9 Å². The zero-order chi connectivity index (χ0) is 13.3. The molecule has 0 saturated heterocycles. The van der Waals surface area contributed by atoms with Gasteiger partial charge < -0.3 is 5.32 Å². The van der Waals surface area contributed by atoms with Crippen LogP contribution in [0.2, 0.25) is 0 Å². The zero-order valence-corrected chi connectivity index (χ0v) is 12.1. The molecule has 0 bridgehead atoms. The molecule has 1 N–H and O–H groups in total. The van der Waals surface area contributed by atoms with Gasteiger partial charge in [-0.15, -0.1) is 0 Å². The highest BCUT2D eigenvalue weighted by molar-refractivity contribution is 9.10. The Morgan fingerprint density at radius 1 is 1.28 bits per heavy atom. The summed E-state index contributed by atoms with van der Waals surface area (Å²) in [6, 6.07) is 5.60. The molecule has 0 fully saturated rings. The van der Waals surface area contributed by atoms with Crippen molar-refractivity contribution in [2.75, 3.05) is 5.32 Å². The molecule has 0 aliphatic heterocycles. The van der Waals surface area contributed by atoms with Gasteiger partial charge in [0.2, 0.25) is 0 Å². The summed E-state index contributed by atoms with van der Waals surface area (Å²) < 4.78 is 0.863. The molecule has 0 unspecified atom stereocenters. The van der Waals surface area contributed by atoms with Gasteiger partial charge in [-0.2, -0.15) is 0 Å². The maximum absolute atomic E-state index is 11.1. The Labute approximate surface area is 114 Å². The molecule has 4 nitrogen and oxygen atoms in total. The van der Waals surface area contributed by atoms with Crippen LogP contribution in [0.25, 0.3) is 11.0 Å². The van der Waals surface area contributed by atoms with Crippen LogP contribution in [0, 0.1) is 0 Å². The highest BCUT2D eigenvalue weighted by Crippen LogP contribution is 2.24. The lowest BCUT2D eigenvalue weighted by molar-refractivity contribution is 0.112. The van der Waals surface area contributed by atoms with Crippen molar-refractivity contribution in [1.29, 1.82) is 0 Å². The number of nitrogens with one attached hydrogen (secondary N) is 1. The van der Waals surface area contributed by atoms with Gasteiger partial charge in [-0.1, -0.05) is 6.07 Å². The molecule has 0 saturated carbocycles. The van der Waals surface area contributed by atoms with Gasteiger partial charge in [-0.05, 0) is 48.8 Å². The van der Waals surface area contributed by atoms with Crippen LogP contribution < -0.4 is 5.32 Å². The van der Waals surface area contributed by atoms with Crippen LogP contribution in [-0.2, 0) is 0 Å². The molecule has 0 aliphatic rings. The van der Waals surface area contributed by atoms with Gasteiger partial charge in [-0.3, -0.25) is 4.79 Å². The van der Waals surface area contributed by atoms with E-state index in [0.29, 0.717) is 17.0 Å². The number of hydrogen-bond donors (Lipinski definition) is 1. The van der Waals surface area contributed by atoms with Gasteiger partial charge >= 0.3 is 0 Å². The number of nitrogens with zero attached hydrogens (tertiary/aromatic N) is 2. The third-order valence-corrected chi connectivity index (χ3v) is 2.92. The van der Waals surface area contributed by atoms with E-state index < -0.39 is 0 Å². The van der Waals surface area contributed by atoms with Crippen molar-refractivity contribution in [1.82, 2.24) is 9.97 Å². The van der Waals surface area contributed by atoms with Crippen molar-refractivity contribution in [2.45, 2.75) is 26.3 Å². The summed E-state index contributed by atoms with van der Waals surface area (Å²) in [5.41, 5.74) is 1.60. The van der Waals surface area contributed by atoms with Crippen molar-refractivity contribution in [3.8, 4) is 0 Å². The van der Waals surface area contributed by atoms with Crippen LogP contribution in [0.5, 0.6) is 0 Å². The van der Waals surface area contributed by atoms with Gasteiger partial charge in [0.05, 0.1) is 5.52 Å². The third-order valence-electron chi connectivity index (χ3n) is 2.28. The van der Waals surface area contributed by atoms with Crippen molar-refractivity contribution in [3.05, 3.63) is 28.4 Å². The van der Waals surface area contributed by atoms with Crippen molar-refractivity contribution >= 4 is 39.1 Å². The molecule has 5 heteroatoms. The first-order valence-electron chi connectivity index (χ1n) is 5.60. The van der Waals surface area contributed by atoms with Crippen LogP contribution in [-0.4, -0.2) is 21.8 Å². The van der Waals surface area contributed by atoms with E-state index in [-0.39, 0.29) is 5.54 Å². The lowest BCUT2D eigenvalue weighted by atomic mass is 10.1. The molecule has 0 amide bonds. The van der Waals surface area contributed by atoms with Crippen LogP contribution in [0.3, 0.4) is 0 Å². The zero-order valence-electron chi connectivity index (χ0n) is 10.5. The Morgan fingerprint density at radius 3 is 2.61 bits per heavy atom. The quantitative estimate of drug-likeness (QED) is 0.864. The lowest BCUT2D eigenvalue weighted by Crippen LogP contribution is -2.27. The molecule has 1 aromatic carbocycles. The van der Waals surface area contributed by atoms with E-state index in [0.717, 1.165) is 16.3 Å². The first kappa shape index (κ1) is 13.0. The molecule has 2 aromatic rings. The summed E-state index contributed by atoms with van der Waals surface area (Å²) in [6.45, 7) is 6.02. The van der Waals surface area contributed by atoms with E-state index in [1.807, 2.05) is 39.0 Å². The van der Waals surface area contributed by atoms with Gasteiger partial charge in [0, 0.05) is 10.0 Å². The van der Waals surface area contributed by atoms with E-state index in [2.05, 4.69) is 31.2 Å². The monoisotopic (exact) mass is 307 g/mol. The fraction of sp³-hybridized carbons (Fsp3) is 0.308. The number of aldehydes is 1. The molecule has 94 valence electrons. The Bertz CT molecular complexity index is 605. The number of para-hydroxylation sites is 1. The van der Waals surface area contributed by atoms with Gasteiger partial charge in [0.25, 0.3) is 0 Å². The minimum absolute atomic E-state index is 0.179. The van der Waals surface area contributed by atoms with Crippen molar-refractivity contribution < 1.29 is 4.79 Å². The summed E-state index contributed by atoms with van der Waals surface area (Å²) in [6.07, 6.45) is 0.724. The number of halogens is 1. The molecular formula is C13H14BrN3O. The Morgan fingerprint density at radius 2 is 2.00 bits per heavy atom. The summed E-state index contributed by atoms with van der Waals surface area (Å²) in [4.78, 5) is 19.9. The SMILES string of the molecule is CC(C)(C)Nc1nc2c(Br)cccc2nc1C=O. The first-order chi connectivity index (χ1) is 8.40. The highest BCUT2D eigenvalue weighted by Gasteiger charge is 2.16. The maximum atomic E-state index is 11.1. The number of anilines is 1. The van der Waals surface area contributed by atoms with E-state index in [9.17, 15) is 4.79 Å². The maximum Gasteiger partial charge on any atom is 0.172 e. The lowest BCUT2D eigenvalue weighted by Gasteiger charge is -2.22. The predicted molar refractivity (Wildman–Crippen MR) is 76.0 cm³/mol. The van der Waals surface area contributed by atoms with E-state index >= 15 is 0 Å². The standard InChI is InChI=1S/C13H14BrN3O/c1-13(2,3)17-12-10(7-18)15-9-6-4-5-8(14)11(9)16-12/h4-7H,1-3H3,(H,16,17). The Hall–Kier alpha value is -1.49. The second kappa shape index (κ2) is 4.65. The fourth-order valence-electron chi connectivity index (χ4n) is 1.59. The molecule has 1 aromatic heterocycles. The number of aromatic nitrogens is 2. The van der Waals surface area contributed by atoms with Crippen molar-refractivity contribution in [3.63, 3.8) is 0 Å². The summed E-state index contributed by atoms with van der Waals surface area (Å²) >= 11 is 3.44. The molecule has 18 heavy (non-hydrogen) atoms. The van der Waals surface area contributed by atoms with E-state index in [1.54, 1.807) is 0 Å². The third kappa shape index (κ3) is 2.67. The van der Waals surface area contributed by atoms with Gasteiger partial charge in [0.15, 0.2) is 12.1 Å². The Balaban J connectivity index is 2.64. The summed E-state index contributed by atoms with van der Waals surface area (Å²) in [5.74, 6) is 0.511. The second-order valence-electron chi connectivity index (χ2n) is 5.06. The van der Waals surface area contributed by atoms with Crippen LogP contribution in [0.4, 0.5) is 5.82 Å². The summed E-state index contributed by atoms with van der Waals surface area (Å²) in [5, 5.41) is 3.19. The minimum Gasteiger partial charge on any atom is -0.364 e. The predicted octanol–water partition coefficient (Wildman–Crippen LogP) is 3.42. The van der Waals surface area contributed by atoms with Crippen LogP contribution in [0.15, 0.2) is 22.7 Å². The molecule has 1 heterocycles. The average Bonchev–Trinajstić information content (AvgIpc) is 2.27. The first-order valence-corrected chi connectivity index (χ1v) is 6.39. The fourth-order valence-corrected chi connectivity index (χ4v) is 2.03.